The molecule has 1 aliphatic rings. The van der Waals surface area contributed by atoms with Crippen LogP contribution in [0.1, 0.15) is 38.3 Å². The largest absolute Gasteiger partial charge is 0.378 e. The summed E-state index contributed by atoms with van der Waals surface area (Å²) in [6, 6.07) is 8.38. The molecule has 1 fully saturated rings. The number of hydrogen-bond acceptors (Lipinski definition) is 5. The average Bonchev–Trinajstić information content (AvgIpc) is 3.09. The number of hydrogen-bond donors (Lipinski definition) is 0. The monoisotopic (exact) mass is 371 g/mol. The van der Waals surface area contributed by atoms with Gasteiger partial charge in [-0.1, -0.05) is 35.8 Å². The molecule has 1 aliphatic heterocycles. The molecule has 0 aliphatic carbocycles. The molecule has 2 heterocycles. The van der Waals surface area contributed by atoms with E-state index < -0.39 is 0 Å². The Bertz CT molecular complexity index is 781. The number of morpholine rings is 1. The Morgan fingerprint density at radius 1 is 1.33 bits per heavy atom. The van der Waals surface area contributed by atoms with Crippen molar-refractivity contribution in [3.05, 3.63) is 35.4 Å². The SMILES string of the molecule is CCC(C)N(Cc1c(-c2cccc(C)c2)noc1N1CCOCC1)C(C)=O. The number of aryl methyl sites for hydroxylation is 1. The molecule has 146 valence electrons. The van der Waals surface area contributed by atoms with Crippen LogP contribution in [0.4, 0.5) is 5.88 Å². The quantitative estimate of drug-likeness (QED) is 0.776. The van der Waals surface area contributed by atoms with Gasteiger partial charge in [0.1, 0.15) is 5.69 Å². The van der Waals surface area contributed by atoms with Gasteiger partial charge in [-0.25, -0.2) is 0 Å². The van der Waals surface area contributed by atoms with Crippen LogP contribution in [0.2, 0.25) is 0 Å². The zero-order valence-electron chi connectivity index (χ0n) is 16.7. The van der Waals surface area contributed by atoms with Crippen molar-refractivity contribution in [1.29, 1.82) is 0 Å². The minimum atomic E-state index is 0.0636. The lowest BCUT2D eigenvalue weighted by molar-refractivity contribution is -0.131. The van der Waals surface area contributed by atoms with Crippen molar-refractivity contribution in [3.63, 3.8) is 0 Å². The maximum Gasteiger partial charge on any atom is 0.233 e. The van der Waals surface area contributed by atoms with Gasteiger partial charge in [0.05, 0.1) is 25.3 Å². The van der Waals surface area contributed by atoms with Crippen molar-refractivity contribution in [3.8, 4) is 11.3 Å². The second kappa shape index (κ2) is 8.57. The Morgan fingerprint density at radius 2 is 2.07 bits per heavy atom. The van der Waals surface area contributed by atoms with Gasteiger partial charge >= 0.3 is 0 Å². The van der Waals surface area contributed by atoms with Crippen LogP contribution in [-0.4, -0.2) is 48.3 Å². The highest BCUT2D eigenvalue weighted by atomic mass is 16.5. The lowest BCUT2D eigenvalue weighted by Crippen LogP contribution is -2.39. The highest BCUT2D eigenvalue weighted by molar-refractivity contribution is 5.75. The van der Waals surface area contributed by atoms with E-state index in [0.29, 0.717) is 19.8 Å². The van der Waals surface area contributed by atoms with Gasteiger partial charge in [0, 0.05) is 31.6 Å². The number of benzene rings is 1. The Kier molecular flexibility index (Phi) is 6.16. The zero-order chi connectivity index (χ0) is 19.4. The fourth-order valence-corrected chi connectivity index (χ4v) is 3.45. The summed E-state index contributed by atoms with van der Waals surface area (Å²) in [6.45, 7) is 11.2. The smallest absolute Gasteiger partial charge is 0.233 e. The second-order valence-electron chi connectivity index (χ2n) is 7.19. The van der Waals surface area contributed by atoms with Crippen LogP contribution >= 0.6 is 0 Å². The van der Waals surface area contributed by atoms with E-state index in [1.54, 1.807) is 6.92 Å². The third-order valence-electron chi connectivity index (χ3n) is 5.21. The van der Waals surface area contributed by atoms with Gasteiger partial charge in [-0.15, -0.1) is 0 Å². The van der Waals surface area contributed by atoms with Crippen LogP contribution in [0.15, 0.2) is 28.8 Å². The maximum atomic E-state index is 12.3. The predicted molar refractivity (Wildman–Crippen MR) is 106 cm³/mol. The molecule has 1 amide bonds. The highest BCUT2D eigenvalue weighted by Crippen LogP contribution is 2.33. The Balaban J connectivity index is 2.03. The number of rotatable bonds is 6. The molecule has 0 bridgehead atoms. The Hall–Kier alpha value is -2.34. The van der Waals surface area contributed by atoms with Crippen LogP contribution in [0.3, 0.4) is 0 Å². The molecule has 0 spiro atoms. The number of ether oxygens (including phenoxy) is 1. The van der Waals surface area contributed by atoms with Gasteiger partial charge in [0.2, 0.25) is 11.8 Å². The second-order valence-corrected chi connectivity index (χ2v) is 7.19. The first-order chi connectivity index (χ1) is 13.0. The summed E-state index contributed by atoms with van der Waals surface area (Å²) >= 11 is 0. The van der Waals surface area contributed by atoms with Gasteiger partial charge < -0.3 is 19.1 Å². The average molecular weight is 371 g/mol. The van der Waals surface area contributed by atoms with E-state index in [0.717, 1.165) is 42.2 Å². The van der Waals surface area contributed by atoms with Gasteiger partial charge in [0.15, 0.2) is 0 Å². The van der Waals surface area contributed by atoms with E-state index in [4.69, 9.17) is 9.26 Å². The molecule has 1 unspecified atom stereocenters. The van der Waals surface area contributed by atoms with E-state index in [1.165, 1.54) is 5.56 Å². The molecule has 1 aromatic carbocycles. The Labute approximate surface area is 161 Å². The molecular weight excluding hydrogens is 342 g/mol. The number of anilines is 1. The van der Waals surface area contributed by atoms with Crippen LogP contribution in [-0.2, 0) is 16.1 Å². The van der Waals surface area contributed by atoms with Crippen LogP contribution in [0, 0.1) is 6.92 Å². The summed E-state index contributed by atoms with van der Waals surface area (Å²) in [4.78, 5) is 16.4. The van der Waals surface area contributed by atoms with E-state index in [2.05, 4.69) is 43.0 Å². The molecule has 27 heavy (non-hydrogen) atoms. The van der Waals surface area contributed by atoms with Crippen molar-refractivity contribution in [1.82, 2.24) is 10.1 Å². The Morgan fingerprint density at radius 3 is 2.70 bits per heavy atom. The summed E-state index contributed by atoms with van der Waals surface area (Å²) in [6.07, 6.45) is 0.900. The summed E-state index contributed by atoms with van der Waals surface area (Å²) in [5, 5.41) is 4.40. The third kappa shape index (κ3) is 4.33. The minimum Gasteiger partial charge on any atom is -0.378 e. The van der Waals surface area contributed by atoms with Gasteiger partial charge in [-0.05, 0) is 26.3 Å². The fraction of sp³-hybridized carbons (Fsp3) is 0.524. The first-order valence-electron chi connectivity index (χ1n) is 9.66. The predicted octanol–water partition coefficient (Wildman–Crippen LogP) is 3.63. The third-order valence-corrected chi connectivity index (χ3v) is 5.21. The standard InChI is InChI=1S/C21H29N3O3/c1-5-16(3)24(17(4)25)14-19-20(18-8-6-7-15(2)13-18)22-27-21(19)23-9-11-26-12-10-23/h6-8,13,16H,5,9-12,14H2,1-4H3. The summed E-state index contributed by atoms with van der Waals surface area (Å²) < 4.78 is 11.3. The molecule has 6 heteroatoms. The van der Waals surface area contributed by atoms with Crippen LogP contribution in [0.5, 0.6) is 0 Å². The summed E-state index contributed by atoms with van der Waals surface area (Å²) in [5.74, 6) is 0.818. The van der Waals surface area contributed by atoms with Gasteiger partial charge in [-0.3, -0.25) is 4.79 Å². The molecule has 1 atom stereocenters. The van der Waals surface area contributed by atoms with Crippen molar-refractivity contribution >= 4 is 11.8 Å². The summed E-state index contributed by atoms with van der Waals surface area (Å²) in [7, 11) is 0. The molecule has 0 saturated carbocycles. The van der Waals surface area contributed by atoms with Crippen molar-refractivity contribution in [2.24, 2.45) is 0 Å². The van der Waals surface area contributed by atoms with E-state index in [9.17, 15) is 4.79 Å². The first-order valence-corrected chi connectivity index (χ1v) is 9.66. The molecule has 3 rings (SSSR count). The lowest BCUT2D eigenvalue weighted by Gasteiger charge is -2.30. The number of aromatic nitrogens is 1. The van der Waals surface area contributed by atoms with Crippen molar-refractivity contribution in [2.45, 2.75) is 46.7 Å². The van der Waals surface area contributed by atoms with Crippen molar-refractivity contribution in [2.75, 3.05) is 31.2 Å². The minimum absolute atomic E-state index is 0.0636. The van der Waals surface area contributed by atoms with Gasteiger partial charge in [0.25, 0.3) is 0 Å². The maximum absolute atomic E-state index is 12.3. The molecule has 2 aromatic rings. The first kappa shape index (κ1) is 19.4. The normalized spacial score (nSPS) is 15.6. The molecule has 1 saturated heterocycles. The number of amides is 1. The number of carbonyl (C=O) groups is 1. The number of carbonyl (C=O) groups excluding carboxylic acids is 1. The molecule has 6 nitrogen and oxygen atoms in total. The van der Waals surface area contributed by atoms with E-state index in [1.807, 2.05) is 17.0 Å². The number of nitrogens with zero attached hydrogens (tertiary/aromatic N) is 3. The highest BCUT2D eigenvalue weighted by Gasteiger charge is 2.27. The van der Waals surface area contributed by atoms with Crippen molar-refractivity contribution < 1.29 is 14.1 Å². The van der Waals surface area contributed by atoms with Gasteiger partial charge in [-0.2, -0.15) is 0 Å². The van der Waals surface area contributed by atoms with E-state index >= 15 is 0 Å². The molecule has 0 radical (unpaired) electrons. The fourth-order valence-electron chi connectivity index (χ4n) is 3.45. The summed E-state index contributed by atoms with van der Waals surface area (Å²) in [5.41, 5.74) is 3.97. The lowest BCUT2D eigenvalue weighted by atomic mass is 10.0. The van der Waals surface area contributed by atoms with E-state index in [-0.39, 0.29) is 11.9 Å². The van der Waals surface area contributed by atoms with Crippen LogP contribution < -0.4 is 4.90 Å². The zero-order valence-corrected chi connectivity index (χ0v) is 16.7. The molecular formula is C21H29N3O3. The topological polar surface area (TPSA) is 58.8 Å². The van der Waals surface area contributed by atoms with Crippen LogP contribution in [0.25, 0.3) is 11.3 Å². The molecule has 0 N–H and O–H groups in total. The molecule has 1 aromatic heterocycles.